The van der Waals surface area contributed by atoms with E-state index in [1.165, 1.54) is 23.1 Å². The minimum Gasteiger partial charge on any atom is -0.497 e. The first kappa shape index (κ1) is 22.8. The number of carbonyl (C=O) groups excluding carboxylic acids is 3. The highest BCUT2D eigenvalue weighted by molar-refractivity contribution is 5.99. The maximum absolute atomic E-state index is 13.6. The van der Waals surface area contributed by atoms with Crippen molar-refractivity contribution in [2.75, 3.05) is 20.2 Å². The monoisotopic (exact) mass is 453 g/mol. The maximum Gasteiger partial charge on any atom is 0.254 e. The minimum atomic E-state index is -0.632. The summed E-state index contributed by atoms with van der Waals surface area (Å²) in [6.45, 7) is 1.25. The van der Waals surface area contributed by atoms with Crippen LogP contribution in [0.25, 0.3) is 0 Å². The molecule has 3 amide bonds. The van der Waals surface area contributed by atoms with E-state index in [0.29, 0.717) is 44.6 Å². The van der Waals surface area contributed by atoms with Gasteiger partial charge in [0, 0.05) is 25.2 Å². The van der Waals surface area contributed by atoms with Crippen molar-refractivity contribution in [3.63, 3.8) is 0 Å². The lowest BCUT2D eigenvalue weighted by molar-refractivity contribution is -0.141. The van der Waals surface area contributed by atoms with Crippen LogP contribution in [0.4, 0.5) is 4.39 Å². The van der Waals surface area contributed by atoms with Gasteiger partial charge in [0.25, 0.3) is 5.91 Å². The molecule has 7 nitrogen and oxygen atoms in total. The number of hydrogen-bond donors (Lipinski definition) is 1. The molecule has 0 radical (unpaired) electrons. The van der Waals surface area contributed by atoms with Crippen molar-refractivity contribution in [1.29, 1.82) is 0 Å². The van der Waals surface area contributed by atoms with E-state index in [4.69, 9.17) is 4.74 Å². The van der Waals surface area contributed by atoms with Crippen molar-refractivity contribution < 1.29 is 23.5 Å². The van der Waals surface area contributed by atoms with Crippen molar-refractivity contribution in [3.8, 4) is 5.75 Å². The normalized spacial score (nSPS) is 20.1. The molecule has 2 aliphatic heterocycles. The third-order valence-electron chi connectivity index (χ3n) is 6.31. The van der Waals surface area contributed by atoms with Crippen LogP contribution in [0.2, 0.25) is 0 Å². The van der Waals surface area contributed by atoms with Crippen LogP contribution in [-0.4, -0.2) is 59.8 Å². The summed E-state index contributed by atoms with van der Waals surface area (Å²) in [5, 5.41) is 2.92. The average Bonchev–Trinajstić information content (AvgIpc) is 3.52. The number of methoxy groups -OCH3 is 1. The van der Waals surface area contributed by atoms with Crippen molar-refractivity contribution >= 4 is 17.7 Å². The lowest BCUT2D eigenvalue weighted by atomic mass is 10.1. The highest BCUT2D eigenvalue weighted by atomic mass is 19.1. The van der Waals surface area contributed by atoms with Crippen LogP contribution in [0.1, 0.15) is 41.6 Å². The van der Waals surface area contributed by atoms with Crippen molar-refractivity contribution in [3.05, 3.63) is 65.5 Å². The number of carbonyl (C=O) groups is 3. The molecule has 1 N–H and O–H groups in total. The summed E-state index contributed by atoms with van der Waals surface area (Å²) in [6.07, 6.45) is 2.54. The highest BCUT2D eigenvalue weighted by Crippen LogP contribution is 2.26. The number of hydrogen-bond acceptors (Lipinski definition) is 4. The first-order valence-corrected chi connectivity index (χ1v) is 11.3. The fourth-order valence-corrected chi connectivity index (χ4v) is 4.64. The zero-order valence-corrected chi connectivity index (χ0v) is 18.6. The number of rotatable bonds is 6. The molecule has 2 atom stereocenters. The molecule has 0 aromatic heterocycles. The molecule has 33 heavy (non-hydrogen) atoms. The summed E-state index contributed by atoms with van der Waals surface area (Å²) >= 11 is 0. The molecule has 4 rings (SSSR count). The van der Waals surface area contributed by atoms with Crippen molar-refractivity contribution in [1.82, 2.24) is 15.1 Å². The van der Waals surface area contributed by atoms with Crippen molar-refractivity contribution in [2.45, 2.75) is 44.3 Å². The second-order valence-electron chi connectivity index (χ2n) is 8.43. The number of amides is 3. The van der Waals surface area contributed by atoms with E-state index in [9.17, 15) is 18.8 Å². The Morgan fingerprint density at radius 1 is 1.00 bits per heavy atom. The van der Waals surface area contributed by atoms with E-state index in [-0.39, 0.29) is 23.3 Å². The Kier molecular flexibility index (Phi) is 6.91. The number of ether oxygens (including phenoxy) is 1. The minimum absolute atomic E-state index is 0.204. The zero-order chi connectivity index (χ0) is 23.4. The van der Waals surface area contributed by atoms with E-state index in [1.54, 1.807) is 18.1 Å². The van der Waals surface area contributed by atoms with E-state index in [2.05, 4.69) is 5.32 Å². The molecule has 0 aliphatic carbocycles. The lowest BCUT2D eigenvalue weighted by Crippen LogP contribution is -2.52. The molecule has 0 saturated carbocycles. The second kappa shape index (κ2) is 10.0. The zero-order valence-electron chi connectivity index (χ0n) is 18.6. The molecular formula is C25H28FN3O4. The molecule has 2 heterocycles. The van der Waals surface area contributed by atoms with Gasteiger partial charge < -0.3 is 19.9 Å². The third-order valence-corrected chi connectivity index (χ3v) is 6.31. The molecule has 174 valence electrons. The molecule has 0 unspecified atom stereocenters. The number of likely N-dealkylation sites (tertiary alicyclic amines) is 2. The summed E-state index contributed by atoms with van der Waals surface area (Å²) in [7, 11) is 1.59. The van der Waals surface area contributed by atoms with Gasteiger partial charge >= 0.3 is 0 Å². The predicted octanol–water partition coefficient (Wildman–Crippen LogP) is 2.75. The third kappa shape index (κ3) is 4.99. The summed E-state index contributed by atoms with van der Waals surface area (Å²) in [5.41, 5.74) is 1.13. The van der Waals surface area contributed by atoms with E-state index in [1.807, 2.05) is 24.3 Å². The van der Waals surface area contributed by atoms with Gasteiger partial charge in [0.1, 0.15) is 23.7 Å². The molecule has 2 aliphatic rings. The Morgan fingerprint density at radius 2 is 1.73 bits per heavy atom. The van der Waals surface area contributed by atoms with Gasteiger partial charge in [-0.1, -0.05) is 18.2 Å². The van der Waals surface area contributed by atoms with Gasteiger partial charge in [-0.25, -0.2) is 4.39 Å². The topological polar surface area (TPSA) is 79.0 Å². The molecule has 2 saturated heterocycles. The molecule has 0 spiro atoms. The Bertz CT molecular complexity index is 1040. The van der Waals surface area contributed by atoms with Gasteiger partial charge in [-0.15, -0.1) is 0 Å². The Labute approximate surface area is 192 Å². The first-order chi connectivity index (χ1) is 16.0. The second-order valence-corrected chi connectivity index (χ2v) is 8.43. The fourth-order valence-electron chi connectivity index (χ4n) is 4.64. The van der Waals surface area contributed by atoms with Gasteiger partial charge in [-0.05, 0) is 61.6 Å². The number of benzene rings is 2. The summed E-state index contributed by atoms with van der Waals surface area (Å²) in [6, 6.07) is 11.8. The first-order valence-electron chi connectivity index (χ1n) is 11.3. The Hall–Kier alpha value is -3.42. The number of halogens is 1. The van der Waals surface area contributed by atoms with Crippen LogP contribution in [0.15, 0.2) is 48.5 Å². The summed E-state index contributed by atoms with van der Waals surface area (Å²) < 4.78 is 18.8. The van der Waals surface area contributed by atoms with Crippen LogP contribution in [0.5, 0.6) is 5.75 Å². The van der Waals surface area contributed by atoms with Crippen LogP contribution in [0.3, 0.4) is 0 Å². The highest BCUT2D eigenvalue weighted by Gasteiger charge is 2.42. The van der Waals surface area contributed by atoms with Crippen LogP contribution in [0, 0.1) is 5.82 Å². The van der Waals surface area contributed by atoms with E-state index >= 15 is 0 Å². The number of nitrogens with zero attached hydrogens (tertiary/aromatic N) is 2. The molecule has 8 heteroatoms. The molecule has 2 aromatic rings. The van der Waals surface area contributed by atoms with Gasteiger partial charge in [0.2, 0.25) is 11.8 Å². The quantitative estimate of drug-likeness (QED) is 0.730. The standard InChI is InChI=1S/C25H28FN3O4/c1-33-20-9-2-6-17(14-20)16-27-23(30)21-10-4-12-28(21)25(32)22-11-5-13-29(22)24(31)18-7-3-8-19(26)15-18/h2-3,6-9,14-15,21-22H,4-5,10-13,16H2,1H3,(H,27,30)/t21-,22-/m1/s1. The molecule has 2 fully saturated rings. The largest absolute Gasteiger partial charge is 0.497 e. The summed E-state index contributed by atoms with van der Waals surface area (Å²) in [5.74, 6) is -0.552. The van der Waals surface area contributed by atoms with E-state index < -0.39 is 17.9 Å². The van der Waals surface area contributed by atoms with Gasteiger partial charge in [0.15, 0.2) is 0 Å². The average molecular weight is 454 g/mol. The molecular weight excluding hydrogens is 425 g/mol. The molecule has 0 bridgehead atoms. The van der Waals surface area contributed by atoms with Gasteiger partial charge in [-0.3, -0.25) is 14.4 Å². The van der Waals surface area contributed by atoms with Crippen LogP contribution in [-0.2, 0) is 16.1 Å². The van der Waals surface area contributed by atoms with Gasteiger partial charge in [0.05, 0.1) is 7.11 Å². The SMILES string of the molecule is COc1cccc(CNC(=O)[C@H]2CCCN2C(=O)[C@H]2CCCN2C(=O)c2cccc(F)c2)c1. The lowest BCUT2D eigenvalue weighted by Gasteiger charge is -2.31. The van der Waals surface area contributed by atoms with Gasteiger partial charge in [-0.2, -0.15) is 0 Å². The smallest absolute Gasteiger partial charge is 0.254 e. The number of nitrogens with one attached hydrogen (secondary N) is 1. The van der Waals surface area contributed by atoms with E-state index in [0.717, 1.165) is 12.0 Å². The predicted molar refractivity (Wildman–Crippen MR) is 120 cm³/mol. The summed E-state index contributed by atoms with van der Waals surface area (Å²) in [4.78, 5) is 42.4. The Morgan fingerprint density at radius 3 is 2.48 bits per heavy atom. The maximum atomic E-state index is 13.6. The van der Waals surface area contributed by atoms with Crippen LogP contribution >= 0.6 is 0 Å². The van der Waals surface area contributed by atoms with Crippen LogP contribution < -0.4 is 10.1 Å². The van der Waals surface area contributed by atoms with Crippen molar-refractivity contribution in [2.24, 2.45) is 0 Å². The Balaban J connectivity index is 1.42. The fraction of sp³-hybridized carbons (Fsp3) is 0.400. The molecule has 2 aromatic carbocycles.